The quantitative estimate of drug-likeness (QED) is 0.286. The van der Waals surface area contributed by atoms with Gasteiger partial charge in [0.2, 0.25) is 5.88 Å². The van der Waals surface area contributed by atoms with E-state index in [0.717, 1.165) is 23.6 Å². The molecule has 10 nitrogen and oxygen atoms in total. The van der Waals surface area contributed by atoms with E-state index in [-0.39, 0.29) is 51.3 Å². The topological polar surface area (TPSA) is 123 Å². The summed E-state index contributed by atoms with van der Waals surface area (Å²) >= 11 is 7.08. The zero-order valence-electron chi connectivity index (χ0n) is 20.2. The van der Waals surface area contributed by atoms with Gasteiger partial charge in [0.1, 0.15) is 5.69 Å². The molecule has 0 unspecified atom stereocenters. The van der Waals surface area contributed by atoms with Crippen molar-refractivity contribution in [3.05, 3.63) is 74.9 Å². The van der Waals surface area contributed by atoms with Crippen molar-refractivity contribution in [2.45, 2.75) is 33.1 Å². The lowest BCUT2D eigenvalue weighted by Crippen LogP contribution is -2.26. The zero-order chi connectivity index (χ0) is 28.6. The van der Waals surface area contributed by atoms with Crippen molar-refractivity contribution in [3.8, 4) is 17.0 Å². The molecule has 4 aromatic heterocycles. The molecule has 5 heterocycles. The van der Waals surface area contributed by atoms with Crippen LogP contribution in [0.25, 0.3) is 11.1 Å². The molecule has 206 valence electrons. The van der Waals surface area contributed by atoms with Gasteiger partial charge in [-0.1, -0.05) is 22.9 Å². The second-order valence-corrected chi connectivity index (χ2v) is 9.89. The summed E-state index contributed by atoms with van der Waals surface area (Å²) in [5, 5.41) is 9.92. The molecule has 0 bridgehead atoms. The average Bonchev–Trinajstić information content (AvgIpc) is 3.48. The smallest absolute Gasteiger partial charge is 0.388 e. The predicted octanol–water partition coefficient (Wildman–Crippen LogP) is 5.30. The maximum atomic E-state index is 13.2. The van der Waals surface area contributed by atoms with E-state index in [1.165, 1.54) is 29.3 Å². The molecular weight excluding hydrogens is 578 g/mol. The Labute approximate surface area is 232 Å². The van der Waals surface area contributed by atoms with Gasteiger partial charge >= 0.3 is 6.61 Å². The number of rotatable bonds is 7. The number of hydrogen-bond acceptors (Lipinski definition) is 9. The van der Waals surface area contributed by atoms with Gasteiger partial charge in [0.05, 0.1) is 29.2 Å². The number of aromatic nitrogens is 5. The van der Waals surface area contributed by atoms with Gasteiger partial charge < -0.3 is 9.64 Å². The van der Waals surface area contributed by atoms with Crippen molar-refractivity contribution in [2.75, 3.05) is 5.32 Å². The molecule has 0 aliphatic carbocycles. The third-order valence-corrected chi connectivity index (χ3v) is 6.91. The van der Waals surface area contributed by atoms with E-state index < -0.39 is 30.7 Å². The average molecular weight is 594 g/mol. The van der Waals surface area contributed by atoms with Crippen molar-refractivity contribution in [1.29, 1.82) is 0 Å². The van der Waals surface area contributed by atoms with Crippen molar-refractivity contribution in [3.63, 3.8) is 0 Å². The number of nitrogens with zero attached hydrogens (tertiary/aromatic N) is 6. The van der Waals surface area contributed by atoms with Crippen molar-refractivity contribution in [1.82, 2.24) is 30.0 Å². The van der Waals surface area contributed by atoms with Gasteiger partial charge in [-0.05, 0) is 31.2 Å². The van der Waals surface area contributed by atoms with Crippen LogP contribution in [0.4, 0.5) is 22.7 Å². The molecule has 16 heteroatoms. The summed E-state index contributed by atoms with van der Waals surface area (Å²) in [6.07, 6.45) is -0.455. The second-order valence-electron chi connectivity index (χ2n) is 8.42. The van der Waals surface area contributed by atoms with Crippen LogP contribution in [-0.2, 0) is 13.1 Å². The summed E-state index contributed by atoms with van der Waals surface area (Å²) in [6.45, 7) is -1.22. The van der Waals surface area contributed by atoms with Crippen molar-refractivity contribution in [2.24, 2.45) is 0 Å². The molecule has 0 saturated heterocycles. The molecule has 0 aromatic carbocycles. The summed E-state index contributed by atoms with van der Waals surface area (Å²) in [5.41, 5.74) is 0.988. The van der Waals surface area contributed by atoms with Crippen LogP contribution in [0, 0.1) is 6.92 Å². The Kier molecular flexibility index (Phi) is 7.58. The monoisotopic (exact) mass is 593 g/mol. The SMILES string of the molecule is Cc1cc(-c2cc(Cl)nnc2OC(F)F)c(C(=O)Nc2nc3c(s2)CN(C(=O)c2ccc(C(F)F)cn2)C3)cn1. The van der Waals surface area contributed by atoms with Crippen LogP contribution in [0.3, 0.4) is 0 Å². The summed E-state index contributed by atoms with van der Waals surface area (Å²) in [5.74, 6) is -1.60. The Morgan fingerprint density at radius 1 is 1.07 bits per heavy atom. The number of amides is 2. The number of carbonyl (C=O) groups is 2. The first-order valence-electron chi connectivity index (χ1n) is 11.4. The van der Waals surface area contributed by atoms with Crippen LogP contribution < -0.4 is 10.1 Å². The Bertz CT molecular complexity index is 1580. The highest BCUT2D eigenvalue weighted by Gasteiger charge is 2.30. The largest absolute Gasteiger partial charge is 0.415 e. The van der Waals surface area contributed by atoms with E-state index in [1.54, 1.807) is 6.92 Å². The minimum Gasteiger partial charge on any atom is -0.415 e. The van der Waals surface area contributed by atoms with E-state index in [4.69, 9.17) is 11.6 Å². The lowest BCUT2D eigenvalue weighted by atomic mass is 10.0. The number of fused-ring (bicyclic) bond motifs is 1. The Balaban J connectivity index is 1.34. The second kappa shape index (κ2) is 11.1. The first-order chi connectivity index (χ1) is 19.1. The third kappa shape index (κ3) is 5.70. The molecule has 1 aliphatic heterocycles. The lowest BCUT2D eigenvalue weighted by molar-refractivity contribution is -0.0530. The van der Waals surface area contributed by atoms with E-state index in [1.807, 2.05) is 0 Å². The normalized spacial score (nSPS) is 12.7. The fourth-order valence-electron chi connectivity index (χ4n) is 3.91. The molecule has 4 aromatic rings. The number of nitrogens with one attached hydrogen (secondary N) is 1. The molecule has 0 saturated carbocycles. The van der Waals surface area contributed by atoms with E-state index in [0.29, 0.717) is 16.3 Å². The first kappa shape index (κ1) is 27.3. The van der Waals surface area contributed by atoms with Crippen LogP contribution in [-0.4, -0.2) is 48.5 Å². The third-order valence-electron chi connectivity index (χ3n) is 5.72. The highest BCUT2D eigenvalue weighted by Crippen LogP contribution is 2.35. The van der Waals surface area contributed by atoms with Crippen LogP contribution in [0.5, 0.6) is 5.88 Å². The van der Waals surface area contributed by atoms with Crippen LogP contribution in [0.15, 0.2) is 36.7 Å². The van der Waals surface area contributed by atoms with E-state index >= 15 is 0 Å². The molecule has 5 rings (SSSR count). The molecule has 40 heavy (non-hydrogen) atoms. The Morgan fingerprint density at radius 2 is 1.88 bits per heavy atom. The maximum Gasteiger partial charge on any atom is 0.388 e. The fourth-order valence-corrected chi connectivity index (χ4v) is 5.04. The Hall–Kier alpha value is -4.24. The number of aryl methyl sites for hydroxylation is 1. The summed E-state index contributed by atoms with van der Waals surface area (Å²) in [4.78, 5) is 40.5. The summed E-state index contributed by atoms with van der Waals surface area (Å²) in [7, 11) is 0. The molecular formula is C24H16ClF4N7O3S. The van der Waals surface area contributed by atoms with Gasteiger partial charge in [0, 0.05) is 34.8 Å². The van der Waals surface area contributed by atoms with E-state index in [9.17, 15) is 27.2 Å². The number of anilines is 1. The van der Waals surface area contributed by atoms with Crippen molar-refractivity contribution < 1.29 is 31.9 Å². The Morgan fingerprint density at radius 3 is 2.55 bits per heavy atom. The number of thiazole rings is 1. The van der Waals surface area contributed by atoms with Gasteiger partial charge in [-0.15, -0.1) is 10.2 Å². The fraction of sp³-hybridized carbons (Fsp3) is 0.208. The number of hydrogen-bond donors (Lipinski definition) is 1. The highest BCUT2D eigenvalue weighted by atomic mass is 35.5. The first-order valence-corrected chi connectivity index (χ1v) is 12.6. The van der Waals surface area contributed by atoms with Gasteiger partial charge in [0.15, 0.2) is 10.3 Å². The predicted molar refractivity (Wildman–Crippen MR) is 134 cm³/mol. The van der Waals surface area contributed by atoms with E-state index in [2.05, 4.69) is 35.2 Å². The lowest BCUT2D eigenvalue weighted by Gasteiger charge is -2.15. The molecule has 1 aliphatic rings. The van der Waals surface area contributed by atoms with Crippen molar-refractivity contribution >= 4 is 39.9 Å². The number of ether oxygens (including phenoxy) is 1. The highest BCUT2D eigenvalue weighted by molar-refractivity contribution is 7.16. The van der Waals surface area contributed by atoms with Gasteiger partial charge in [-0.2, -0.15) is 8.78 Å². The minimum atomic E-state index is -3.19. The minimum absolute atomic E-state index is 0.0132. The van der Waals surface area contributed by atoms with Crippen LogP contribution in [0.2, 0.25) is 5.15 Å². The standard InChI is InChI=1S/C24H16ClF4N7O3S/c1-10-4-12(13-5-18(25)34-35-21(13)39-23(28)29)14(7-30-10)20(37)33-24-32-16-8-36(9-17(16)40-24)22(38)15-3-2-11(6-31-15)19(26)27/h2-7,19,23H,8-9H2,1H3,(H,32,33,37). The molecule has 0 fully saturated rings. The molecule has 0 radical (unpaired) electrons. The molecule has 0 spiro atoms. The number of alkyl halides is 4. The number of carbonyl (C=O) groups excluding carboxylic acids is 2. The number of halogens is 5. The van der Waals surface area contributed by atoms with Gasteiger partial charge in [-0.25, -0.2) is 13.8 Å². The summed E-state index contributed by atoms with van der Waals surface area (Å²) in [6, 6.07) is 5.13. The molecule has 1 N–H and O–H groups in total. The van der Waals surface area contributed by atoms with Crippen LogP contribution >= 0.6 is 22.9 Å². The van der Waals surface area contributed by atoms with Gasteiger partial charge in [0.25, 0.3) is 18.2 Å². The maximum absolute atomic E-state index is 13.2. The zero-order valence-corrected chi connectivity index (χ0v) is 21.8. The summed E-state index contributed by atoms with van der Waals surface area (Å²) < 4.78 is 55.9. The number of pyridine rings is 2. The molecule has 0 atom stereocenters. The van der Waals surface area contributed by atoms with Crippen LogP contribution in [0.1, 0.15) is 49.1 Å². The molecule has 2 amide bonds. The van der Waals surface area contributed by atoms with Gasteiger partial charge in [-0.3, -0.25) is 24.9 Å².